The molecule has 0 fully saturated rings. The lowest BCUT2D eigenvalue weighted by atomic mass is 10.1. The quantitative estimate of drug-likeness (QED) is 0.798. The number of nitrogens with zero attached hydrogens (tertiary/aromatic N) is 2. The van der Waals surface area contributed by atoms with Crippen molar-refractivity contribution in [1.82, 2.24) is 15.3 Å². The highest BCUT2D eigenvalue weighted by atomic mass is 35.5. The maximum absolute atomic E-state index is 11.7. The number of halogens is 1. The molecule has 0 radical (unpaired) electrons. The second-order valence-electron chi connectivity index (χ2n) is 4.17. The fourth-order valence-corrected chi connectivity index (χ4v) is 1.76. The van der Waals surface area contributed by atoms with Crippen molar-refractivity contribution in [3.8, 4) is 0 Å². The standard InChI is InChI=1S/C14H15ClN4O/c15-12-3-1-11(2-4-12)9-14(20)19-8-7-18-13-10-16-5-6-17-13/h1-6,10H,7-9H2,(H,17,18)(H,19,20). The zero-order valence-corrected chi connectivity index (χ0v) is 11.6. The number of benzene rings is 1. The zero-order chi connectivity index (χ0) is 14.2. The Kier molecular flexibility index (Phi) is 5.32. The molecule has 0 unspecified atom stereocenters. The predicted octanol–water partition coefficient (Wildman–Crippen LogP) is 1.90. The molecule has 0 spiro atoms. The number of aromatic nitrogens is 2. The van der Waals surface area contributed by atoms with Crippen LogP contribution in [0, 0.1) is 0 Å². The number of rotatable bonds is 6. The second kappa shape index (κ2) is 7.45. The van der Waals surface area contributed by atoms with Gasteiger partial charge in [-0.05, 0) is 17.7 Å². The molecule has 1 aromatic carbocycles. The first-order chi connectivity index (χ1) is 9.74. The molecule has 0 aliphatic carbocycles. The van der Waals surface area contributed by atoms with Crippen LogP contribution in [0.15, 0.2) is 42.9 Å². The van der Waals surface area contributed by atoms with Gasteiger partial charge in [-0.15, -0.1) is 0 Å². The lowest BCUT2D eigenvalue weighted by molar-refractivity contribution is -0.120. The highest BCUT2D eigenvalue weighted by Crippen LogP contribution is 2.09. The molecule has 0 atom stereocenters. The predicted molar refractivity (Wildman–Crippen MR) is 78.7 cm³/mol. The Labute approximate surface area is 122 Å². The SMILES string of the molecule is O=C(Cc1ccc(Cl)cc1)NCCNc1cnccn1. The Balaban J connectivity index is 1.66. The van der Waals surface area contributed by atoms with E-state index >= 15 is 0 Å². The molecule has 2 aromatic rings. The average molecular weight is 291 g/mol. The van der Waals surface area contributed by atoms with E-state index in [2.05, 4.69) is 20.6 Å². The number of hydrogen-bond acceptors (Lipinski definition) is 4. The van der Waals surface area contributed by atoms with Crippen molar-refractivity contribution >= 4 is 23.3 Å². The van der Waals surface area contributed by atoms with Crippen molar-refractivity contribution < 1.29 is 4.79 Å². The highest BCUT2D eigenvalue weighted by Gasteiger charge is 2.02. The Hall–Kier alpha value is -2.14. The first-order valence-corrected chi connectivity index (χ1v) is 6.63. The molecular formula is C14H15ClN4O. The Morgan fingerprint density at radius 2 is 1.95 bits per heavy atom. The summed E-state index contributed by atoms with van der Waals surface area (Å²) in [5.41, 5.74) is 0.939. The molecule has 1 aromatic heterocycles. The van der Waals surface area contributed by atoms with Gasteiger partial charge < -0.3 is 10.6 Å². The smallest absolute Gasteiger partial charge is 0.224 e. The lowest BCUT2D eigenvalue weighted by Gasteiger charge is -2.07. The molecule has 0 bridgehead atoms. The monoisotopic (exact) mass is 290 g/mol. The topological polar surface area (TPSA) is 66.9 Å². The summed E-state index contributed by atoms with van der Waals surface area (Å²) in [7, 11) is 0. The summed E-state index contributed by atoms with van der Waals surface area (Å²) in [4.78, 5) is 19.7. The molecule has 0 saturated heterocycles. The first-order valence-electron chi connectivity index (χ1n) is 6.25. The third-order valence-electron chi connectivity index (χ3n) is 2.59. The van der Waals surface area contributed by atoms with Crippen LogP contribution in [-0.4, -0.2) is 29.0 Å². The maximum Gasteiger partial charge on any atom is 0.224 e. The van der Waals surface area contributed by atoms with Gasteiger partial charge in [-0.3, -0.25) is 9.78 Å². The number of carbonyl (C=O) groups is 1. The fraction of sp³-hybridized carbons (Fsp3) is 0.214. The van der Waals surface area contributed by atoms with Crippen LogP contribution in [0.5, 0.6) is 0 Å². The van der Waals surface area contributed by atoms with E-state index in [9.17, 15) is 4.79 Å². The van der Waals surface area contributed by atoms with Crippen LogP contribution in [0.2, 0.25) is 5.02 Å². The molecule has 5 nitrogen and oxygen atoms in total. The van der Waals surface area contributed by atoms with Gasteiger partial charge >= 0.3 is 0 Å². The third-order valence-corrected chi connectivity index (χ3v) is 2.85. The molecule has 20 heavy (non-hydrogen) atoms. The first kappa shape index (κ1) is 14.3. The van der Waals surface area contributed by atoms with Gasteiger partial charge in [0, 0.05) is 30.5 Å². The third kappa shape index (κ3) is 4.85. The van der Waals surface area contributed by atoms with E-state index in [1.807, 2.05) is 12.1 Å². The second-order valence-corrected chi connectivity index (χ2v) is 4.61. The molecule has 1 heterocycles. The van der Waals surface area contributed by atoms with Gasteiger partial charge in [0.15, 0.2) is 0 Å². The highest BCUT2D eigenvalue weighted by molar-refractivity contribution is 6.30. The molecule has 0 saturated carbocycles. The summed E-state index contributed by atoms with van der Waals surface area (Å²) in [6.45, 7) is 1.13. The summed E-state index contributed by atoms with van der Waals surface area (Å²) < 4.78 is 0. The molecule has 6 heteroatoms. The molecule has 2 N–H and O–H groups in total. The largest absolute Gasteiger partial charge is 0.367 e. The van der Waals surface area contributed by atoms with Gasteiger partial charge in [-0.1, -0.05) is 23.7 Å². The number of amides is 1. The van der Waals surface area contributed by atoms with Crippen LogP contribution in [0.25, 0.3) is 0 Å². The Morgan fingerprint density at radius 3 is 2.65 bits per heavy atom. The maximum atomic E-state index is 11.7. The van der Waals surface area contributed by atoms with Gasteiger partial charge in [0.2, 0.25) is 5.91 Å². The summed E-state index contributed by atoms with van der Waals surface area (Å²) in [5, 5.41) is 6.57. The van der Waals surface area contributed by atoms with Crippen LogP contribution in [-0.2, 0) is 11.2 Å². The van der Waals surface area contributed by atoms with Crippen molar-refractivity contribution in [3.63, 3.8) is 0 Å². The van der Waals surface area contributed by atoms with Crippen molar-refractivity contribution in [2.24, 2.45) is 0 Å². The van der Waals surface area contributed by atoms with Crippen LogP contribution in [0.3, 0.4) is 0 Å². The Morgan fingerprint density at radius 1 is 1.15 bits per heavy atom. The van der Waals surface area contributed by atoms with Crippen LogP contribution in [0.4, 0.5) is 5.82 Å². The van der Waals surface area contributed by atoms with E-state index < -0.39 is 0 Å². The van der Waals surface area contributed by atoms with E-state index in [4.69, 9.17) is 11.6 Å². The van der Waals surface area contributed by atoms with Gasteiger partial charge in [-0.2, -0.15) is 0 Å². The van der Waals surface area contributed by atoms with E-state index in [-0.39, 0.29) is 5.91 Å². The minimum atomic E-state index is -0.0201. The lowest BCUT2D eigenvalue weighted by Crippen LogP contribution is -2.30. The number of carbonyl (C=O) groups excluding carboxylic acids is 1. The van der Waals surface area contributed by atoms with Crippen LogP contribution >= 0.6 is 11.6 Å². The summed E-state index contributed by atoms with van der Waals surface area (Å²) >= 11 is 5.79. The van der Waals surface area contributed by atoms with E-state index in [0.29, 0.717) is 30.4 Å². The average Bonchev–Trinajstić information content (AvgIpc) is 2.47. The zero-order valence-electron chi connectivity index (χ0n) is 10.8. The van der Waals surface area contributed by atoms with E-state index in [0.717, 1.165) is 5.56 Å². The van der Waals surface area contributed by atoms with Crippen LogP contribution < -0.4 is 10.6 Å². The van der Waals surface area contributed by atoms with E-state index in [1.165, 1.54) is 0 Å². The van der Waals surface area contributed by atoms with Crippen molar-refractivity contribution in [2.45, 2.75) is 6.42 Å². The van der Waals surface area contributed by atoms with Gasteiger partial charge in [0.1, 0.15) is 5.82 Å². The normalized spacial score (nSPS) is 10.1. The summed E-state index contributed by atoms with van der Waals surface area (Å²) in [6.07, 6.45) is 5.21. The molecule has 0 aliphatic heterocycles. The summed E-state index contributed by atoms with van der Waals surface area (Å²) in [5.74, 6) is 0.674. The van der Waals surface area contributed by atoms with Crippen molar-refractivity contribution in [1.29, 1.82) is 0 Å². The number of nitrogens with one attached hydrogen (secondary N) is 2. The summed E-state index contributed by atoms with van der Waals surface area (Å²) in [6, 6.07) is 7.25. The van der Waals surface area contributed by atoms with E-state index in [1.54, 1.807) is 30.7 Å². The Bertz CT molecular complexity index is 545. The van der Waals surface area contributed by atoms with Gasteiger partial charge in [-0.25, -0.2) is 4.98 Å². The van der Waals surface area contributed by atoms with Crippen LogP contribution in [0.1, 0.15) is 5.56 Å². The number of hydrogen-bond donors (Lipinski definition) is 2. The minimum absolute atomic E-state index is 0.0201. The molecule has 0 aliphatic rings. The minimum Gasteiger partial charge on any atom is -0.367 e. The van der Waals surface area contributed by atoms with Crippen molar-refractivity contribution in [2.75, 3.05) is 18.4 Å². The van der Waals surface area contributed by atoms with Crippen molar-refractivity contribution in [3.05, 3.63) is 53.4 Å². The van der Waals surface area contributed by atoms with Gasteiger partial charge in [0.05, 0.1) is 12.6 Å². The molecule has 1 amide bonds. The van der Waals surface area contributed by atoms with Gasteiger partial charge in [0.25, 0.3) is 0 Å². The molecule has 104 valence electrons. The molecule has 2 rings (SSSR count). The fourth-order valence-electron chi connectivity index (χ4n) is 1.63. The molecular weight excluding hydrogens is 276 g/mol. The number of anilines is 1.